The zero-order chi connectivity index (χ0) is 15.7. The molecule has 1 N–H and O–H groups in total. The average Bonchev–Trinajstić information content (AvgIpc) is 3.12. The van der Waals surface area contributed by atoms with Gasteiger partial charge in [-0.1, -0.05) is 12.2 Å². The van der Waals surface area contributed by atoms with Gasteiger partial charge in [-0.15, -0.1) is 0 Å². The number of urea groups is 1. The molecule has 0 radical (unpaired) electrons. The van der Waals surface area contributed by atoms with E-state index < -0.39 is 18.8 Å². The summed E-state index contributed by atoms with van der Waals surface area (Å²) in [4.78, 5) is 17.3. The number of carbonyl (C=O) groups is 1. The molecular weight excluding hydrogens is 335 g/mol. The summed E-state index contributed by atoms with van der Waals surface area (Å²) in [5.74, 6) is -1.35. The average molecular weight is 350 g/mol. The Balaban J connectivity index is 0.00000192. The number of carbonyl (C=O) groups excluding carboxylic acids is 1. The van der Waals surface area contributed by atoms with Crippen molar-refractivity contribution >= 4 is 18.7 Å². The van der Waals surface area contributed by atoms with E-state index in [0.717, 1.165) is 11.2 Å². The summed E-state index contributed by atoms with van der Waals surface area (Å²) in [6.07, 6.45) is 5.29. The number of imidazole rings is 1. The Morgan fingerprint density at radius 3 is 2.87 bits per heavy atom. The molecule has 1 fully saturated rings. The van der Waals surface area contributed by atoms with Crippen molar-refractivity contribution in [3.05, 3.63) is 36.3 Å². The molecule has 3 rings (SSSR count). The summed E-state index contributed by atoms with van der Waals surface area (Å²) < 4.78 is 39.8. The maximum absolute atomic E-state index is 12.7. The van der Waals surface area contributed by atoms with Crippen LogP contribution in [0.4, 0.5) is 17.7 Å². The predicted octanol–water partition coefficient (Wildman–Crippen LogP) is -0.529. The van der Waals surface area contributed by atoms with Gasteiger partial charge in [0.1, 0.15) is 5.65 Å². The number of aromatic nitrogens is 2. The zero-order valence-corrected chi connectivity index (χ0v) is 15.9. The molecular formula is C13H15BF3KN4O. The fraction of sp³-hybridized carbons (Fsp3) is 0.385. The maximum Gasteiger partial charge on any atom is 1.00 e. The van der Waals surface area contributed by atoms with Crippen molar-refractivity contribution in [1.82, 2.24) is 19.6 Å². The first-order valence-corrected chi connectivity index (χ1v) is 7.08. The molecule has 0 spiro atoms. The van der Waals surface area contributed by atoms with Gasteiger partial charge in [0.25, 0.3) is 0 Å². The number of fused-ring (bicyclic) bond motifs is 1. The summed E-state index contributed by atoms with van der Waals surface area (Å²) in [6, 6.07) is 3.21. The molecule has 10 heteroatoms. The first-order chi connectivity index (χ1) is 10.4. The fourth-order valence-electron chi connectivity index (χ4n) is 2.63. The topological polar surface area (TPSA) is 49.6 Å². The number of amides is 2. The quantitative estimate of drug-likeness (QED) is 0.757. The Hall–Kier alpha value is -0.549. The molecule has 2 aromatic heterocycles. The summed E-state index contributed by atoms with van der Waals surface area (Å²) in [6.45, 7) is -4.70. The molecule has 5 nitrogen and oxygen atoms in total. The van der Waals surface area contributed by atoms with Gasteiger partial charge in [0.05, 0.1) is 0 Å². The van der Waals surface area contributed by atoms with Gasteiger partial charge in [-0.2, -0.15) is 0 Å². The van der Waals surface area contributed by atoms with Crippen LogP contribution >= 0.6 is 0 Å². The number of nitrogens with one attached hydrogen (secondary N) is 1. The third kappa shape index (κ3) is 4.50. The summed E-state index contributed by atoms with van der Waals surface area (Å²) in [7, 11) is 0. The van der Waals surface area contributed by atoms with Crippen LogP contribution in [0.1, 0.15) is 12.0 Å². The van der Waals surface area contributed by atoms with Crippen LogP contribution in [-0.2, 0) is 6.54 Å². The summed E-state index contributed by atoms with van der Waals surface area (Å²) in [5.41, 5.74) is 1.61. The first-order valence-electron chi connectivity index (χ1n) is 7.08. The second kappa shape index (κ2) is 7.56. The normalized spacial score (nSPS) is 18.0. The number of hydrogen-bond acceptors (Lipinski definition) is 2. The monoisotopic (exact) mass is 350 g/mol. The van der Waals surface area contributed by atoms with Crippen molar-refractivity contribution in [2.45, 2.75) is 18.8 Å². The van der Waals surface area contributed by atoms with E-state index in [1.54, 1.807) is 12.4 Å². The standard InChI is InChI=1S/C13H15BF3N4O.K/c15-14(16,17)11-2-5-21(9-11)13(22)19-8-10-1-4-20-6-3-18-12(20)7-10;/h1,3-4,6-7,11H,2,5,8-9H2,(H,19,22);/q-1;+1. The Labute approximate surface area is 174 Å². The Morgan fingerprint density at radius 1 is 1.39 bits per heavy atom. The smallest absolute Gasteiger partial charge is 0.449 e. The summed E-state index contributed by atoms with van der Waals surface area (Å²) in [5, 5.41) is 2.66. The number of nitrogens with zero attached hydrogens (tertiary/aromatic N) is 3. The molecule has 1 saturated heterocycles. The van der Waals surface area contributed by atoms with Crippen molar-refractivity contribution in [2.75, 3.05) is 13.1 Å². The number of likely N-dealkylation sites (tertiary alicyclic amines) is 1. The van der Waals surface area contributed by atoms with E-state index in [9.17, 15) is 17.7 Å². The fourth-order valence-corrected chi connectivity index (χ4v) is 2.63. The van der Waals surface area contributed by atoms with Crippen LogP contribution in [0.2, 0.25) is 5.82 Å². The van der Waals surface area contributed by atoms with Gasteiger partial charge >= 0.3 is 64.4 Å². The molecule has 0 aromatic carbocycles. The van der Waals surface area contributed by atoms with Gasteiger partial charge in [-0.05, 0) is 17.7 Å². The van der Waals surface area contributed by atoms with Gasteiger partial charge in [0, 0.05) is 38.2 Å². The molecule has 1 aliphatic heterocycles. The minimum atomic E-state index is -4.87. The third-order valence-corrected chi connectivity index (χ3v) is 3.95. The second-order valence-electron chi connectivity index (χ2n) is 5.51. The number of rotatable bonds is 3. The molecule has 1 atom stereocenters. The first kappa shape index (κ1) is 18.8. The van der Waals surface area contributed by atoms with Crippen LogP contribution in [0.5, 0.6) is 0 Å². The third-order valence-electron chi connectivity index (χ3n) is 3.95. The van der Waals surface area contributed by atoms with Crippen LogP contribution < -0.4 is 56.7 Å². The molecule has 23 heavy (non-hydrogen) atoms. The van der Waals surface area contributed by atoms with Gasteiger partial charge in [0.15, 0.2) is 0 Å². The van der Waals surface area contributed by atoms with Gasteiger partial charge < -0.3 is 27.6 Å². The molecule has 2 aromatic rings. The SMILES string of the molecule is O=C(NCc1ccn2ccnc2c1)N1CCC([B-](F)(F)F)C1.[K+]. The zero-order valence-electron chi connectivity index (χ0n) is 12.8. The van der Waals surface area contributed by atoms with Gasteiger partial charge in [-0.25, -0.2) is 9.78 Å². The Morgan fingerprint density at radius 2 is 2.17 bits per heavy atom. The van der Waals surface area contributed by atoms with E-state index in [-0.39, 0.29) is 77.4 Å². The van der Waals surface area contributed by atoms with Gasteiger partial charge in [0.2, 0.25) is 0 Å². The molecule has 0 bridgehead atoms. The van der Waals surface area contributed by atoms with Crippen LogP contribution in [-0.4, -0.2) is 40.4 Å². The van der Waals surface area contributed by atoms with Crippen LogP contribution in [0.15, 0.2) is 30.7 Å². The second-order valence-corrected chi connectivity index (χ2v) is 5.51. The molecule has 2 amide bonds. The molecule has 0 aliphatic carbocycles. The number of pyridine rings is 1. The minimum Gasteiger partial charge on any atom is -0.449 e. The van der Waals surface area contributed by atoms with Crippen LogP contribution in [0, 0.1) is 0 Å². The predicted molar refractivity (Wildman–Crippen MR) is 76.4 cm³/mol. The van der Waals surface area contributed by atoms with E-state index in [4.69, 9.17) is 0 Å². The molecule has 1 aliphatic rings. The largest absolute Gasteiger partial charge is 1.00 e. The van der Waals surface area contributed by atoms with Crippen molar-refractivity contribution in [2.24, 2.45) is 0 Å². The minimum absolute atomic E-state index is 0. The van der Waals surface area contributed by atoms with Crippen molar-refractivity contribution in [1.29, 1.82) is 0 Å². The number of hydrogen-bond donors (Lipinski definition) is 1. The number of halogens is 3. The van der Waals surface area contributed by atoms with E-state index in [0.29, 0.717) is 0 Å². The van der Waals surface area contributed by atoms with E-state index in [2.05, 4.69) is 10.3 Å². The van der Waals surface area contributed by atoms with Crippen molar-refractivity contribution in [3.63, 3.8) is 0 Å². The molecule has 1 unspecified atom stereocenters. The van der Waals surface area contributed by atoms with Gasteiger partial charge in [-0.3, -0.25) is 0 Å². The molecule has 118 valence electrons. The van der Waals surface area contributed by atoms with Crippen LogP contribution in [0.25, 0.3) is 5.65 Å². The van der Waals surface area contributed by atoms with E-state index >= 15 is 0 Å². The Kier molecular flexibility index (Phi) is 6.17. The van der Waals surface area contributed by atoms with Crippen molar-refractivity contribution < 1.29 is 69.1 Å². The Bertz CT molecular complexity index is 693. The van der Waals surface area contributed by atoms with Crippen LogP contribution in [0.3, 0.4) is 0 Å². The molecule has 0 saturated carbocycles. The summed E-state index contributed by atoms with van der Waals surface area (Å²) >= 11 is 0. The van der Waals surface area contributed by atoms with E-state index in [1.807, 2.05) is 22.7 Å². The maximum atomic E-state index is 12.7. The molecule has 3 heterocycles. The van der Waals surface area contributed by atoms with E-state index in [1.165, 1.54) is 4.90 Å². The van der Waals surface area contributed by atoms with Crippen molar-refractivity contribution in [3.8, 4) is 0 Å².